The average Bonchev–Trinajstić information content (AvgIpc) is 3.08. The van der Waals surface area contributed by atoms with Crippen molar-refractivity contribution in [3.05, 3.63) is 71.3 Å². The predicted molar refractivity (Wildman–Crippen MR) is 99.9 cm³/mol. The van der Waals surface area contributed by atoms with Crippen LogP contribution in [0.4, 0.5) is 5.69 Å². The summed E-state index contributed by atoms with van der Waals surface area (Å²) < 4.78 is 33.0. The summed E-state index contributed by atoms with van der Waals surface area (Å²) >= 11 is 0. The first-order valence-electron chi connectivity index (χ1n) is 8.24. The number of esters is 1. The first-order valence-corrected chi connectivity index (χ1v) is 9.72. The van der Waals surface area contributed by atoms with Crippen molar-refractivity contribution in [2.24, 2.45) is 0 Å². The molecule has 1 aliphatic carbocycles. The lowest BCUT2D eigenvalue weighted by Crippen LogP contribution is -2.14. The molecule has 0 bridgehead atoms. The number of aryl methyl sites for hydroxylation is 2. The van der Waals surface area contributed by atoms with Crippen LogP contribution in [-0.2, 0) is 27.6 Å². The van der Waals surface area contributed by atoms with Crippen LogP contribution in [0.15, 0.2) is 59.5 Å². The molecule has 1 aliphatic rings. The largest absolute Gasteiger partial charge is 0.465 e. The fraction of sp³-hybridized carbons (Fsp3) is 0.150. The number of carbonyl (C=O) groups is 1. The first-order chi connectivity index (χ1) is 12.5. The molecular weight excluding hydrogens is 350 g/mol. The lowest BCUT2D eigenvalue weighted by molar-refractivity contribution is 0.0600. The summed E-state index contributed by atoms with van der Waals surface area (Å²) in [4.78, 5) is 11.7. The highest BCUT2D eigenvalue weighted by Crippen LogP contribution is 2.35. The molecule has 0 unspecified atom stereocenters. The third-order valence-electron chi connectivity index (χ3n) is 4.69. The second-order valence-corrected chi connectivity index (χ2v) is 7.92. The topological polar surface area (TPSA) is 72.5 Å². The smallest absolute Gasteiger partial charge is 0.337 e. The standard InChI is InChI=1S/C20H17NO4S/c1-25-20(22)15-5-2-6-16(12-15)26(23,24)21-18-11-10-14-9-8-13-4-3-7-17(18)19(13)14/h2-7,10-12,21H,8-9H2,1H3. The van der Waals surface area contributed by atoms with Crippen LogP contribution in [0.25, 0.3) is 10.8 Å². The first kappa shape index (κ1) is 16.6. The highest BCUT2D eigenvalue weighted by Gasteiger charge is 2.20. The van der Waals surface area contributed by atoms with Gasteiger partial charge in [0.05, 0.1) is 23.3 Å². The van der Waals surface area contributed by atoms with Crippen LogP contribution < -0.4 is 4.72 Å². The summed E-state index contributed by atoms with van der Waals surface area (Å²) in [5.74, 6) is -0.576. The van der Waals surface area contributed by atoms with Gasteiger partial charge in [0.25, 0.3) is 10.0 Å². The Kier molecular flexibility index (Phi) is 3.92. The molecule has 132 valence electrons. The molecule has 26 heavy (non-hydrogen) atoms. The maximum Gasteiger partial charge on any atom is 0.337 e. The molecule has 0 aliphatic heterocycles. The highest BCUT2D eigenvalue weighted by atomic mass is 32.2. The van der Waals surface area contributed by atoms with Crippen LogP contribution in [0.5, 0.6) is 0 Å². The van der Waals surface area contributed by atoms with Gasteiger partial charge in [0.1, 0.15) is 0 Å². The van der Waals surface area contributed by atoms with Crippen molar-refractivity contribution in [3.63, 3.8) is 0 Å². The van der Waals surface area contributed by atoms with Gasteiger partial charge in [-0.1, -0.05) is 30.3 Å². The van der Waals surface area contributed by atoms with E-state index < -0.39 is 16.0 Å². The minimum absolute atomic E-state index is 0.0173. The van der Waals surface area contributed by atoms with Crippen LogP contribution in [-0.4, -0.2) is 21.5 Å². The minimum Gasteiger partial charge on any atom is -0.465 e. The SMILES string of the molecule is COC(=O)c1cccc(S(=O)(=O)Nc2ccc3c4c(cccc24)CC3)c1. The summed E-state index contributed by atoms with van der Waals surface area (Å²) in [6, 6.07) is 15.5. The van der Waals surface area contributed by atoms with Crippen molar-refractivity contribution in [1.82, 2.24) is 0 Å². The van der Waals surface area contributed by atoms with Gasteiger partial charge in [0, 0.05) is 5.39 Å². The number of carbonyl (C=O) groups excluding carboxylic acids is 1. The third-order valence-corrected chi connectivity index (χ3v) is 6.05. The number of methoxy groups -OCH3 is 1. The number of anilines is 1. The van der Waals surface area contributed by atoms with E-state index in [1.807, 2.05) is 18.2 Å². The summed E-state index contributed by atoms with van der Waals surface area (Å²) in [6.07, 6.45) is 1.95. The summed E-state index contributed by atoms with van der Waals surface area (Å²) in [7, 11) is -2.57. The summed E-state index contributed by atoms with van der Waals surface area (Å²) in [5, 5.41) is 2.03. The zero-order valence-corrected chi connectivity index (χ0v) is 15.0. The van der Waals surface area contributed by atoms with Crippen LogP contribution in [0.3, 0.4) is 0 Å². The van der Waals surface area contributed by atoms with Gasteiger partial charge in [-0.05, 0) is 53.6 Å². The summed E-state index contributed by atoms with van der Waals surface area (Å²) in [5.41, 5.74) is 3.21. The van der Waals surface area contributed by atoms with Crippen LogP contribution >= 0.6 is 0 Å². The van der Waals surface area contributed by atoms with E-state index in [4.69, 9.17) is 0 Å². The molecule has 0 saturated heterocycles. The maximum atomic E-state index is 12.8. The Bertz CT molecular complexity index is 1130. The molecule has 0 amide bonds. The molecule has 0 saturated carbocycles. The van der Waals surface area contributed by atoms with E-state index in [0.717, 1.165) is 23.6 Å². The van der Waals surface area contributed by atoms with Gasteiger partial charge in [-0.3, -0.25) is 4.72 Å². The Balaban J connectivity index is 1.76. The van der Waals surface area contributed by atoms with E-state index in [2.05, 4.69) is 15.5 Å². The molecule has 5 nitrogen and oxygen atoms in total. The number of benzene rings is 3. The van der Waals surface area contributed by atoms with Crippen LogP contribution in [0, 0.1) is 0 Å². The molecule has 1 N–H and O–H groups in total. The molecule has 0 aromatic heterocycles. The highest BCUT2D eigenvalue weighted by molar-refractivity contribution is 7.92. The van der Waals surface area contributed by atoms with Gasteiger partial charge in [0.15, 0.2) is 0 Å². The monoisotopic (exact) mass is 367 g/mol. The Hall–Kier alpha value is -2.86. The van der Waals surface area contributed by atoms with Crippen molar-refractivity contribution in [3.8, 4) is 0 Å². The molecule has 0 spiro atoms. The number of sulfonamides is 1. The van der Waals surface area contributed by atoms with E-state index in [-0.39, 0.29) is 10.5 Å². The Morgan fingerprint density at radius 1 is 1.00 bits per heavy atom. The van der Waals surface area contributed by atoms with Crippen LogP contribution in [0.2, 0.25) is 0 Å². The molecule has 0 radical (unpaired) electrons. The summed E-state index contributed by atoms with van der Waals surface area (Å²) in [6.45, 7) is 0. The second kappa shape index (κ2) is 6.14. The molecule has 4 rings (SSSR count). The van der Waals surface area contributed by atoms with E-state index in [1.165, 1.54) is 42.5 Å². The van der Waals surface area contributed by atoms with Crippen molar-refractivity contribution in [2.75, 3.05) is 11.8 Å². The van der Waals surface area contributed by atoms with Crippen molar-refractivity contribution < 1.29 is 17.9 Å². The Morgan fingerprint density at radius 3 is 2.50 bits per heavy atom. The number of nitrogens with one attached hydrogen (secondary N) is 1. The van der Waals surface area contributed by atoms with Gasteiger partial charge < -0.3 is 4.74 Å². The maximum absolute atomic E-state index is 12.8. The van der Waals surface area contributed by atoms with Gasteiger partial charge >= 0.3 is 5.97 Å². The van der Waals surface area contributed by atoms with Crippen LogP contribution in [0.1, 0.15) is 21.5 Å². The number of hydrogen-bond acceptors (Lipinski definition) is 4. The van der Waals surface area contributed by atoms with E-state index in [0.29, 0.717) is 5.69 Å². The van der Waals surface area contributed by atoms with Gasteiger partial charge in [-0.25, -0.2) is 13.2 Å². The number of rotatable bonds is 4. The minimum atomic E-state index is -3.83. The van der Waals surface area contributed by atoms with Crippen molar-refractivity contribution in [2.45, 2.75) is 17.7 Å². The average molecular weight is 367 g/mol. The predicted octanol–water partition coefficient (Wildman–Crippen LogP) is 3.53. The lowest BCUT2D eigenvalue weighted by atomic mass is 10.0. The number of ether oxygens (including phenoxy) is 1. The van der Waals surface area contributed by atoms with Crippen molar-refractivity contribution in [1.29, 1.82) is 0 Å². The molecule has 0 atom stereocenters. The van der Waals surface area contributed by atoms with Gasteiger partial charge in [0.2, 0.25) is 0 Å². The van der Waals surface area contributed by atoms with E-state index in [1.54, 1.807) is 6.07 Å². The van der Waals surface area contributed by atoms with E-state index >= 15 is 0 Å². The van der Waals surface area contributed by atoms with Crippen molar-refractivity contribution >= 4 is 32.5 Å². The molecular formula is C20H17NO4S. The molecule has 0 fully saturated rings. The van der Waals surface area contributed by atoms with Gasteiger partial charge in [-0.15, -0.1) is 0 Å². The lowest BCUT2D eigenvalue weighted by Gasteiger charge is -2.12. The molecule has 6 heteroatoms. The van der Waals surface area contributed by atoms with E-state index in [9.17, 15) is 13.2 Å². The molecule has 0 heterocycles. The fourth-order valence-electron chi connectivity index (χ4n) is 3.45. The quantitative estimate of drug-likeness (QED) is 0.716. The third kappa shape index (κ3) is 2.72. The zero-order chi connectivity index (χ0) is 18.3. The fourth-order valence-corrected chi connectivity index (χ4v) is 4.57. The Labute approximate surface area is 151 Å². The molecule has 3 aromatic rings. The normalized spacial score (nSPS) is 13.0. The zero-order valence-electron chi connectivity index (χ0n) is 14.2. The Morgan fingerprint density at radius 2 is 1.73 bits per heavy atom. The molecule has 3 aromatic carbocycles. The second-order valence-electron chi connectivity index (χ2n) is 6.24. The number of hydrogen-bond donors (Lipinski definition) is 1. The van der Waals surface area contributed by atoms with Gasteiger partial charge in [-0.2, -0.15) is 0 Å².